The molecule has 4 heteroatoms. The third-order valence-electron chi connectivity index (χ3n) is 4.82. The van der Waals surface area contributed by atoms with Crippen molar-refractivity contribution < 1.29 is 9.59 Å². The highest BCUT2D eigenvalue weighted by Gasteiger charge is 2.31. The van der Waals surface area contributed by atoms with Gasteiger partial charge in [0.2, 0.25) is 11.8 Å². The van der Waals surface area contributed by atoms with Gasteiger partial charge in [-0.1, -0.05) is 30.3 Å². The number of aryl methyl sites for hydroxylation is 2. The van der Waals surface area contributed by atoms with E-state index >= 15 is 0 Å². The Morgan fingerprint density at radius 1 is 1.04 bits per heavy atom. The normalized spacial score (nSPS) is 15.3. The largest absolute Gasteiger partial charge is 0.326 e. The van der Waals surface area contributed by atoms with Gasteiger partial charge in [-0.25, -0.2) is 0 Å². The van der Waals surface area contributed by atoms with Crippen molar-refractivity contribution in [3.05, 3.63) is 59.2 Å². The zero-order valence-corrected chi connectivity index (χ0v) is 13.5. The Labute approximate surface area is 141 Å². The molecule has 0 unspecified atom stereocenters. The van der Waals surface area contributed by atoms with Gasteiger partial charge in [0, 0.05) is 25.1 Å². The minimum Gasteiger partial charge on any atom is -0.326 e. The standard InChI is InChI=1S/C20H20N2O2/c23-18(8-6-14-4-2-1-3-5-14)21-17-12-15-7-9-19(24)22-11-10-16(13-17)20(15)22/h1-5,12-13H,6-11H2,(H,21,23). The molecular formula is C20H20N2O2. The summed E-state index contributed by atoms with van der Waals surface area (Å²) in [5, 5.41) is 3.02. The molecule has 24 heavy (non-hydrogen) atoms. The summed E-state index contributed by atoms with van der Waals surface area (Å²) in [6, 6.07) is 14.1. The molecule has 0 fully saturated rings. The highest BCUT2D eigenvalue weighted by Crippen LogP contribution is 2.38. The number of benzene rings is 2. The first-order chi connectivity index (χ1) is 11.7. The number of carbonyl (C=O) groups is 2. The van der Waals surface area contributed by atoms with E-state index in [1.54, 1.807) is 0 Å². The van der Waals surface area contributed by atoms with E-state index in [0.717, 1.165) is 37.2 Å². The van der Waals surface area contributed by atoms with Gasteiger partial charge >= 0.3 is 0 Å². The van der Waals surface area contributed by atoms with Crippen LogP contribution in [0.2, 0.25) is 0 Å². The van der Waals surface area contributed by atoms with Crippen LogP contribution in [0.1, 0.15) is 29.5 Å². The van der Waals surface area contributed by atoms with Crippen LogP contribution in [0, 0.1) is 0 Å². The third kappa shape index (κ3) is 2.80. The van der Waals surface area contributed by atoms with E-state index in [9.17, 15) is 9.59 Å². The number of amides is 2. The summed E-state index contributed by atoms with van der Waals surface area (Å²) in [6.45, 7) is 0.770. The lowest BCUT2D eigenvalue weighted by Gasteiger charge is -2.25. The molecule has 122 valence electrons. The number of nitrogens with zero attached hydrogens (tertiary/aromatic N) is 1. The number of rotatable bonds is 4. The molecule has 2 aliphatic heterocycles. The van der Waals surface area contributed by atoms with Crippen LogP contribution in [0.5, 0.6) is 0 Å². The predicted molar refractivity (Wildman–Crippen MR) is 94.2 cm³/mol. The lowest BCUT2D eigenvalue weighted by Crippen LogP contribution is -2.32. The van der Waals surface area contributed by atoms with Crippen LogP contribution < -0.4 is 10.2 Å². The van der Waals surface area contributed by atoms with E-state index in [2.05, 4.69) is 5.32 Å². The van der Waals surface area contributed by atoms with Crippen LogP contribution in [0.4, 0.5) is 11.4 Å². The Bertz CT molecular complexity index is 799. The van der Waals surface area contributed by atoms with Gasteiger partial charge in [0.25, 0.3) is 0 Å². The molecule has 0 aliphatic carbocycles. The smallest absolute Gasteiger partial charge is 0.227 e. The second kappa shape index (κ2) is 6.11. The topological polar surface area (TPSA) is 49.4 Å². The highest BCUT2D eigenvalue weighted by molar-refractivity contribution is 6.00. The first-order valence-electron chi connectivity index (χ1n) is 8.50. The molecule has 2 aromatic carbocycles. The van der Waals surface area contributed by atoms with Gasteiger partial charge in [0.05, 0.1) is 5.69 Å². The van der Waals surface area contributed by atoms with Crippen molar-refractivity contribution in [3.63, 3.8) is 0 Å². The van der Waals surface area contributed by atoms with Gasteiger partial charge < -0.3 is 10.2 Å². The van der Waals surface area contributed by atoms with Gasteiger partial charge in [-0.2, -0.15) is 0 Å². The molecule has 0 saturated carbocycles. The zero-order chi connectivity index (χ0) is 16.5. The molecule has 2 aliphatic rings. The second-order valence-corrected chi connectivity index (χ2v) is 6.47. The number of anilines is 2. The molecule has 0 bridgehead atoms. The average molecular weight is 320 g/mol. The summed E-state index contributed by atoms with van der Waals surface area (Å²) in [4.78, 5) is 26.1. The van der Waals surface area contributed by atoms with Crippen molar-refractivity contribution in [2.24, 2.45) is 0 Å². The van der Waals surface area contributed by atoms with E-state index in [0.29, 0.717) is 12.8 Å². The summed E-state index contributed by atoms with van der Waals surface area (Å²) in [6.07, 6.45) is 3.43. The predicted octanol–water partition coefficient (Wildman–Crippen LogP) is 3.09. The maximum atomic E-state index is 12.2. The quantitative estimate of drug-likeness (QED) is 0.941. The number of hydrogen-bond donors (Lipinski definition) is 1. The Morgan fingerprint density at radius 2 is 1.79 bits per heavy atom. The van der Waals surface area contributed by atoms with Crippen LogP contribution >= 0.6 is 0 Å². The number of nitrogens with one attached hydrogen (secondary N) is 1. The number of hydrogen-bond acceptors (Lipinski definition) is 2. The summed E-state index contributed by atoms with van der Waals surface area (Å²) in [5.41, 5.74) is 5.49. The van der Waals surface area contributed by atoms with E-state index < -0.39 is 0 Å². The monoisotopic (exact) mass is 320 g/mol. The fourth-order valence-electron chi connectivity index (χ4n) is 3.66. The Kier molecular flexibility index (Phi) is 3.81. The van der Waals surface area contributed by atoms with Gasteiger partial charge in [-0.3, -0.25) is 9.59 Å². The van der Waals surface area contributed by atoms with E-state index in [4.69, 9.17) is 0 Å². The number of carbonyl (C=O) groups excluding carboxylic acids is 2. The summed E-state index contributed by atoms with van der Waals surface area (Å²) >= 11 is 0. The van der Waals surface area contributed by atoms with Gasteiger partial charge in [0.1, 0.15) is 0 Å². The third-order valence-corrected chi connectivity index (χ3v) is 4.82. The van der Waals surface area contributed by atoms with Gasteiger partial charge in [-0.05, 0) is 48.1 Å². The van der Waals surface area contributed by atoms with E-state index in [1.165, 1.54) is 16.7 Å². The van der Waals surface area contributed by atoms with Crippen molar-refractivity contribution in [2.75, 3.05) is 16.8 Å². The lowest BCUT2D eigenvalue weighted by molar-refractivity contribution is -0.119. The second-order valence-electron chi connectivity index (χ2n) is 6.47. The SMILES string of the molecule is O=C(CCc1ccccc1)Nc1cc2c3c(c1)CCN3C(=O)CC2. The summed E-state index contributed by atoms with van der Waals surface area (Å²) in [5.74, 6) is 0.258. The highest BCUT2D eigenvalue weighted by atomic mass is 16.2. The van der Waals surface area contributed by atoms with E-state index in [-0.39, 0.29) is 11.8 Å². The molecule has 1 N–H and O–H groups in total. The molecule has 0 spiro atoms. The molecule has 0 radical (unpaired) electrons. The van der Waals surface area contributed by atoms with Crippen LogP contribution in [0.3, 0.4) is 0 Å². The molecule has 0 aromatic heterocycles. The lowest BCUT2D eigenvalue weighted by atomic mass is 9.98. The van der Waals surface area contributed by atoms with Gasteiger partial charge in [0.15, 0.2) is 0 Å². The molecule has 0 atom stereocenters. The van der Waals surface area contributed by atoms with Crippen LogP contribution in [0.25, 0.3) is 0 Å². The zero-order valence-electron chi connectivity index (χ0n) is 13.5. The molecule has 2 aromatic rings. The molecule has 4 rings (SSSR count). The van der Waals surface area contributed by atoms with Crippen molar-refractivity contribution in [1.29, 1.82) is 0 Å². The van der Waals surface area contributed by atoms with Crippen molar-refractivity contribution in [2.45, 2.75) is 32.1 Å². The van der Waals surface area contributed by atoms with E-state index in [1.807, 2.05) is 47.4 Å². The van der Waals surface area contributed by atoms with Gasteiger partial charge in [-0.15, -0.1) is 0 Å². The Morgan fingerprint density at radius 3 is 2.58 bits per heavy atom. The summed E-state index contributed by atoms with van der Waals surface area (Å²) < 4.78 is 0. The fraction of sp³-hybridized carbons (Fsp3) is 0.300. The summed E-state index contributed by atoms with van der Waals surface area (Å²) in [7, 11) is 0. The first kappa shape index (κ1) is 14.9. The van der Waals surface area contributed by atoms with Crippen LogP contribution in [-0.2, 0) is 28.9 Å². The minimum absolute atomic E-state index is 0.0349. The van der Waals surface area contributed by atoms with Crippen LogP contribution in [-0.4, -0.2) is 18.4 Å². The molecule has 0 saturated heterocycles. The van der Waals surface area contributed by atoms with Crippen molar-refractivity contribution in [3.8, 4) is 0 Å². The molecule has 2 amide bonds. The Hall–Kier alpha value is -2.62. The maximum Gasteiger partial charge on any atom is 0.227 e. The average Bonchev–Trinajstić information content (AvgIpc) is 3.03. The first-order valence-corrected chi connectivity index (χ1v) is 8.50. The fourth-order valence-corrected chi connectivity index (χ4v) is 3.66. The Balaban J connectivity index is 1.46. The van der Waals surface area contributed by atoms with Crippen molar-refractivity contribution >= 4 is 23.2 Å². The van der Waals surface area contributed by atoms with Crippen molar-refractivity contribution in [1.82, 2.24) is 0 Å². The maximum absolute atomic E-state index is 12.2. The van der Waals surface area contributed by atoms with Crippen LogP contribution in [0.15, 0.2) is 42.5 Å². The molecule has 4 nitrogen and oxygen atoms in total. The molecule has 2 heterocycles. The minimum atomic E-state index is 0.0349. The molecular weight excluding hydrogens is 300 g/mol.